The molecule has 2 aromatic carbocycles. The number of thiocarbonyl (C=S) groups is 1. The van der Waals surface area contributed by atoms with Crippen LogP contribution in [0, 0.1) is 6.92 Å². The van der Waals surface area contributed by atoms with Crippen LogP contribution in [0.3, 0.4) is 0 Å². The summed E-state index contributed by atoms with van der Waals surface area (Å²) in [6.07, 6.45) is 0. The van der Waals surface area contributed by atoms with Crippen LogP contribution in [0.1, 0.15) is 31.0 Å². The van der Waals surface area contributed by atoms with Crippen LogP contribution < -0.4 is 19.7 Å². The van der Waals surface area contributed by atoms with E-state index >= 15 is 0 Å². The number of carbonyl (C=O) groups excluding carboxylic acids is 1. The van der Waals surface area contributed by atoms with E-state index in [0.717, 1.165) is 22.5 Å². The molecule has 0 amide bonds. The molecule has 2 aliphatic rings. The van der Waals surface area contributed by atoms with Gasteiger partial charge in [-0.3, -0.25) is 4.90 Å². The smallest absolute Gasteiger partial charge is 0.338 e. The molecule has 0 fully saturated rings. The average molecular weight is 425 g/mol. The number of aryl methyl sites for hydroxylation is 1. The van der Waals surface area contributed by atoms with Gasteiger partial charge < -0.3 is 19.5 Å². The fraction of sp³-hybridized carbons (Fsp3) is 0.304. The maximum atomic E-state index is 13.0. The van der Waals surface area contributed by atoms with Gasteiger partial charge in [-0.1, -0.05) is 29.8 Å². The van der Waals surface area contributed by atoms with Crippen LogP contribution in [0.2, 0.25) is 0 Å². The Morgan fingerprint density at radius 3 is 2.67 bits per heavy atom. The maximum absolute atomic E-state index is 13.0. The number of rotatable bonds is 4. The molecule has 2 aliphatic heterocycles. The molecule has 2 aromatic rings. The first-order chi connectivity index (χ1) is 14.5. The second-order valence-electron chi connectivity index (χ2n) is 7.18. The summed E-state index contributed by atoms with van der Waals surface area (Å²) in [5.74, 6) is 0.998. The molecular weight excluding hydrogens is 400 g/mol. The summed E-state index contributed by atoms with van der Waals surface area (Å²) in [6.45, 7) is 7.03. The first-order valence-electron chi connectivity index (χ1n) is 9.94. The third-order valence-electron chi connectivity index (χ3n) is 5.14. The van der Waals surface area contributed by atoms with Gasteiger partial charge in [-0.05, 0) is 50.7 Å². The normalized spacial score (nSPS) is 18.2. The van der Waals surface area contributed by atoms with Crippen molar-refractivity contribution in [2.75, 3.05) is 24.7 Å². The standard InChI is InChI=1S/C23H24N2O4S/c1-4-27-22(26)20-15(3)25(17-8-9-18-19(13-17)29-11-10-28-18)23(30)24-21(20)16-7-5-6-14(2)12-16/h5-9,12-13,21H,4,10-11H2,1-3H3,(H,24,30)/t21-/m1/s1. The number of esters is 1. The van der Waals surface area contributed by atoms with Gasteiger partial charge in [-0.2, -0.15) is 0 Å². The highest BCUT2D eigenvalue weighted by Gasteiger charge is 2.35. The second-order valence-corrected chi connectivity index (χ2v) is 7.57. The number of fused-ring (bicyclic) bond motifs is 1. The number of benzene rings is 2. The Balaban J connectivity index is 1.81. The lowest BCUT2D eigenvalue weighted by molar-refractivity contribution is -0.139. The summed E-state index contributed by atoms with van der Waals surface area (Å²) < 4.78 is 16.7. The zero-order valence-corrected chi connectivity index (χ0v) is 18.0. The summed E-state index contributed by atoms with van der Waals surface area (Å²) in [7, 11) is 0. The van der Waals surface area contributed by atoms with Crippen LogP contribution in [0.25, 0.3) is 0 Å². The third-order valence-corrected chi connectivity index (χ3v) is 5.44. The van der Waals surface area contributed by atoms with Crippen LogP contribution in [-0.4, -0.2) is 30.9 Å². The Morgan fingerprint density at radius 2 is 1.93 bits per heavy atom. The molecule has 4 rings (SSSR count). The van der Waals surface area contributed by atoms with Crippen molar-refractivity contribution >= 4 is 29.0 Å². The van der Waals surface area contributed by atoms with Gasteiger partial charge in [0.2, 0.25) is 0 Å². The number of anilines is 1. The minimum absolute atomic E-state index is 0.296. The minimum atomic E-state index is -0.384. The fourth-order valence-electron chi connectivity index (χ4n) is 3.80. The number of hydrogen-bond acceptors (Lipinski definition) is 5. The molecule has 0 saturated heterocycles. The summed E-state index contributed by atoms with van der Waals surface area (Å²) in [5.41, 5.74) is 4.11. The number of nitrogens with one attached hydrogen (secondary N) is 1. The quantitative estimate of drug-likeness (QED) is 0.587. The van der Waals surface area contributed by atoms with E-state index in [4.69, 9.17) is 26.4 Å². The molecule has 0 saturated carbocycles. The zero-order chi connectivity index (χ0) is 21.3. The number of ether oxygens (including phenoxy) is 3. The van der Waals surface area contributed by atoms with E-state index in [0.29, 0.717) is 42.0 Å². The first-order valence-corrected chi connectivity index (χ1v) is 10.3. The highest BCUT2D eigenvalue weighted by atomic mass is 32.1. The third kappa shape index (κ3) is 3.73. The fourth-order valence-corrected chi connectivity index (χ4v) is 4.16. The Kier molecular flexibility index (Phi) is 5.63. The van der Waals surface area contributed by atoms with E-state index in [9.17, 15) is 4.79 Å². The number of allylic oxidation sites excluding steroid dienone is 1. The van der Waals surface area contributed by atoms with E-state index in [1.165, 1.54) is 0 Å². The van der Waals surface area contributed by atoms with Gasteiger partial charge in [0, 0.05) is 11.8 Å². The molecule has 30 heavy (non-hydrogen) atoms. The maximum Gasteiger partial charge on any atom is 0.338 e. The van der Waals surface area contributed by atoms with Gasteiger partial charge >= 0.3 is 5.97 Å². The molecule has 0 aliphatic carbocycles. The number of nitrogens with zero attached hydrogens (tertiary/aromatic N) is 1. The molecule has 0 bridgehead atoms. The van der Waals surface area contributed by atoms with Crippen LogP contribution in [-0.2, 0) is 9.53 Å². The van der Waals surface area contributed by atoms with Crippen molar-refractivity contribution in [1.29, 1.82) is 0 Å². The molecule has 0 aromatic heterocycles. The zero-order valence-electron chi connectivity index (χ0n) is 17.2. The topological polar surface area (TPSA) is 60.0 Å². The molecule has 7 heteroatoms. The SMILES string of the molecule is CCOC(=O)C1=C(C)N(c2ccc3c(c2)OCCO3)C(=S)N[C@@H]1c1cccc(C)c1. The lowest BCUT2D eigenvalue weighted by Crippen LogP contribution is -2.48. The van der Waals surface area contributed by atoms with E-state index in [1.54, 1.807) is 6.92 Å². The highest BCUT2D eigenvalue weighted by molar-refractivity contribution is 7.80. The Bertz CT molecular complexity index is 1030. The monoisotopic (exact) mass is 424 g/mol. The summed E-state index contributed by atoms with van der Waals surface area (Å²) in [6, 6.07) is 13.3. The molecule has 0 spiro atoms. The van der Waals surface area contributed by atoms with Crippen molar-refractivity contribution < 1.29 is 19.0 Å². The predicted octanol–water partition coefficient (Wildman–Crippen LogP) is 4.04. The van der Waals surface area contributed by atoms with Crippen LogP contribution in [0.4, 0.5) is 5.69 Å². The highest BCUT2D eigenvalue weighted by Crippen LogP contribution is 2.38. The van der Waals surface area contributed by atoms with Crippen LogP contribution >= 0.6 is 12.2 Å². The molecule has 6 nitrogen and oxygen atoms in total. The van der Waals surface area contributed by atoms with Crippen molar-refractivity contribution in [2.24, 2.45) is 0 Å². The molecule has 2 heterocycles. The Hall–Kier alpha value is -3.06. The minimum Gasteiger partial charge on any atom is -0.486 e. The predicted molar refractivity (Wildman–Crippen MR) is 119 cm³/mol. The van der Waals surface area contributed by atoms with Crippen molar-refractivity contribution in [3.05, 3.63) is 64.9 Å². The molecule has 0 unspecified atom stereocenters. The van der Waals surface area contributed by atoms with Crippen LogP contribution in [0.5, 0.6) is 11.5 Å². The molecular formula is C23H24N2O4S. The molecule has 1 N–H and O–H groups in total. The number of carbonyl (C=O) groups is 1. The van der Waals surface area contributed by atoms with Crippen molar-refractivity contribution in [2.45, 2.75) is 26.8 Å². The Labute approximate surface area is 181 Å². The number of hydrogen-bond donors (Lipinski definition) is 1. The van der Waals surface area contributed by atoms with Gasteiger partial charge in [0.1, 0.15) is 13.2 Å². The van der Waals surface area contributed by atoms with E-state index in [1.807, 2.05) is 61.2 Å². The van der Waals surface area contributed by atoms with Crippen LogP contribution in [0.15, 0.2) is 53.7 Å². The summed E-state index contributed by atoms with van der Waals surface area (Å²) >= 11 is 5.71. The van der Waals surface area contributed by atoms with E-state index in [2.05, 4.69) is 5.32 Å². The lowest BCUT2D eigenvalue weighted by atomic mass is 9.94. The second kappa shape index (κ2) is 8.36. The summed E-state index contributed by atoms with van der Waals surface area (Å²) in [5, 5.41) is 3.84. The molecule has 1 atom stereocenters. The Morgan fingerprint density at radius 1 is 1.17 bits per heavy atom. The van der Waals surface area contributed by atoms with Crippen molar-refractivity contribution in [3.63, 3.8) is 0 Å². The van der Waals surface area contributed by atoms with Crippen molar-refractivity contribution in [3.8, 4) is 11.5 Å². The summed E-state index contributed by atoms with van der Waals surface area (Å²) in [4.78, 5) is 14.8. The van der Waals surface area contributed by atoms with E-state index < -0.39 is 0 Å². The lowest BCUT2D eigenvalue weighted by Gasteiger charge is -2.38. The largest absolute Gasteiger partial charge is 0.486 e. The van der Waals surface area contributed by atoms with Crippen molar-refractivity contribution in [1.82, 2.24) is 5.32 Å². The average Bonchev–Trinajstić information content (AvgIpc) is 2.73. The van der Waals surface area contributed by atoms with Gasteiger partial charge in [-0.25, -0.2) is 4.79 Å². The van der Waals surface area contributed by atoms with Gasteiger partial charge in [0.25, 0.3) is 0 Å². The first kappa shape index (κ1) is 20.2. The molecule has 0 radical (unpaired) electrons. The van der Waals surface area contributed by atoms with Gasteiger partial charge in [0.15, 0.2) is 16.6 Å². The van der Waals surface area contributed by atoms with Gasteiger partial charge in [0.05, 0.1) is 23.9 Å². The van der Waals surface area contributed by atoms with E-state index in [-0.39, 0.29) is 12.0 Å². The van der Waals surface area contributed by atoms with Gasteiger partial charge in [-0.15, -0.1) is 0 Å². The molecule has 156 valence electrons.